The van der Waals surface area contributed by atoms with Gasteiger partial charge in [0.25, 0.3) is 0 Å². The molecule has 1 aromatic rings. The van der Waals surface area contributed by atoms with Crippen LogP contribution in [0.25, 0.3) is 0 Å². The molecule has 5 heteroatoms. The molecule has 0 radical (unpaired) electrons. The molecule has 0 saturated heterocycles. The van der Waals surface area contributed by atoms with Crippen molar-refractivity contribution in [3.8, 4) is 0 Å². The third-order valence-corrected chi connectivity index (χ3v) is 3.23. The van der Waals surface area contributed by atoms with Crippen LogP contribution in [-0.2, 0) is 0 Å². The highest BCUT2D eigenvalue weighted by molar-refractivity contribution is 8.00. The third kappa shape index (κ3) is 3.63. The Morgan fingerprint density at radius 2 is 2.00 bits per heavy atom. The molecule has 0 atom stereocenters. The van der Waals surface area contributed by atoms with Crippen molar-refractivity contribution in [3.63, 3.8) is 0 Å². The largest absolute Gasteiger partial charge is 0.409 e. The van der Waals surface area contributed by atoms with Gasteiger partial charge < -0.3 is 10.9 Å². The van der Waals surface area contributed by atoms with Crippen LogP contribution in [0, 0.1) is 13.8 Å². The fourth-order valence-electron chi connectivity index (χ4n) is 1.56. The number of hydrogen-bond acceptors (Lipinski definition) is 4. The molecular formula is C12H19N3OS. The Balaban J connectivity index is 3.36. The van der Waals surface area contributed by atoms with E-state index in [4.69, 9.17) is 10.9 Å². The van der Waals surface area contributed by atoms with E-state index in [1.807, 2.05) is 19.9 Å². The van der Waals surface area contributed by atoms with Crippen molar-refractivity contribution < 1.29 is 5.21 Å². The monoisotopic (exact) mass is 253 g/mol. The quantitative estimate of drug-likeness (QED) is 0.279. The standard InChI is InChI=1S/C12H19N3OS/c1-7-6-9(17-12(3,4)5)10(8(2)14-7)11(13)15-16/h6,16H,1-5H3,(H2,13,15). The molecule has 0 aromatic carbocycles. The van der Waals surface area contributed by atoms with Gasteiger partial charge in [0, 0.05) is 21.0 Å². The van der Waals surface area contributed by atoms with Crippen molar-refractivity contribution in [1.82, 2.24) is 4.98 Å². The minimum Gasteiger partial charge on any atom is -0.409 e. The van der Waals surface area contributed by atoms with Crippen molar-refractivity contribution in [1.29, 1.82) is 0 Å². The zero-order valence-corrected chi connectivity index (χ0v) is 11.7. The summed E-state index contributed by atoms with van der Waals surface area (Å²) in [5, 5.41) is 11.9. The average Bonchev–Trinajstić information content (AvgIpc) is 2.13. The van der Waals surface area contributed by atoms with E-state index in [0.717, 1.165) is 21.8 Å². The number of nitrogens with two attached hydrogens (primary N) is 1. The van der Waals surface area contributed by atoms with Gasteiger partial charge in [-0.1, -0.05) is 25.9 Å². The van der Waals surface area contributed by atoms with Gasteiger partial charge in [0.1, 0.15) is 0 Å². The molecule has 17 heavy (non-hydrogen) atoms. The van der Waals surface area contributed by atoms with Crippen LogP contribution in [0.3, 0.4) is 0 Å². The lowest BCUT2D eigenvalue weighted by molar-refractivity contribution is 0.318. The molecule has 3 N–H and O–H groups in total. The van der Waals surface area contributed by atoms with Crippen molar-refractivity contribution in [3.05, 3.63) is 23.0 Å². The predicted octanol–water partition coefficient (Wildman–Crippen LogP) is 2.68. The SMILES string of the molecule is Cc1cc(SC(C)(C)C)c(/C(N)=N/O)c(C)n1. The maximum atomic E-state index is 8.83. The molecule has 94 valence electrons. The minimum absolute atomic E-state index is 0.0602. The second kappa shape index (κ2) is 4.96. The Bertz CT molecular complexity index is 450. The number of amidine groups is 1. The van der Waals surface area contributed by atoms with Gasteiger partial charge in [-0.3, -0.25) is 4.98 Å². The molecule has 1 rings (SSSR count). The topological polar surface area (TPSA) is 71.5 Å². The molecule has 4 nitrogen and oxygen atoms in total. The van der Waals surface area contributed by atoms with Crippen LogP contribution in [-0.4, -0.2) is 20.8 Å². The summed E-state index contributed by atoms with van der Waals surface area (Å²) >= 11 is 1.69. The molecule has 0 fully saturated rings. The van der Waals surface area contributed by atoms with E-state index in [1.165, 1.54) is 0 Å². The molecule has 0 aliphatic carbocycles. The van der Waals surface area contributed by atoms with Crippen molar-refractivity contribution in [2.45, 2.75) is 44.3 Å². The highest BCUT2D eigenvalue weighted by Gasteiger charge is 2.19. The number of hydrogen-bond donors (Lipinski definition) is 2. The molecular weight excluding hydrogens is 234 g/mol. The number of aryl methyl sites for hydroxylation is 2. The molecule has 0 unspecified atom stereocenters. The first kappa shape index (κ1) is 13.8. The highest BCUT2D eigenvalue weighted by Crippen LogP contribution is 2.35. The van der Waals surface area contributed by atoms with Gasteiger partial charge in [-0.2, -0.15) is 0 Å². The first-order valence-electron chi connectivity index (χ1n) is 5.40. The normalized spacial score (nSPS) is 12.9. The van der Waals surface area contributed by atoms with Crippen molar-refractivity contribution >= 4 is 17.6 Å². The first-order chi connectivity index (χ1) is 7.74. The van der Waals surface area contributed by atoms with Gasteiger partial charge in [-0.25, -0.2) is 0 Å². The molecule has 0 amide bonds. The van der Waals surface area contributed by atoms with Crippen molar-refractivity contribution in [2.75, 3.05) is 0 Å². The molecule has 0 bridgehead atoms. The molecule has 0 aliphatic heterocycles. The number of thioether (sulfide) groups is 1. The van der Waals surface area contributed by atoms with Gasteiger partial charge in [0.15, 0.2) is 5.84 Å². The molecule has 0 aliphatic rings. The molecule has 1 aromatic heterocycles. The molecule has 0 saturated carbocycles. The minimum atomic E-state index is 0.0602. The second-order valence-corrected chi connectivity index (χ2v) is 6.79. The smallest absolute Gasteiger partial charge is 0.173 e. The lowest BCUT2D eigenvalue weighted by atomic mass is 10.1. The zero-order valence-electron chi connectivity index (χ0n) is 10.9. The summed E-state index contributed by atoms with van der Waals surface area (Å²) in [5.41, 5.74) is 8.15. The number of rotatable bonds is 2. The van der Waals surface area contributed by atoms with E-state index in [1.54, 1.807) is 11.8 Å². The fraction of sp³-hybridized carbons (Fsp3) is 0.500. The number of pyridine rings is 1. The Morgan fingerprint density at radius 3 is 2.47 bits per heavy atom. The summed E-state index contributed by atoms with van der Waals surface area (Å²) < 4.78 is 0.0602. The van der Waals surface area contributed by atoms with Gasteiger partial charge in [0.2, 0.25) is 0 Å². The van der Waals surface area contributed by atoms with E-state index in [2.05, 4.69) is 30.9 Å². The van der Waals surface area contributed by atoms with E-state index in [9.17, 15) is 0 Å². The van der Waals surface area contributed by atoms with Crippen LogP contribution in [0.5, 0.6) is 0 Å². The van der Waals surface area contributed by atoms with E-state index < -0.39 is 0 Å². The van der Waals surface area contributed by atoms with Crippen LogP contribution < -0.4 is 5.73 Å². The van der Waals surface area contributed by atoms with Crippen molar-refractivity contribution in [2.24, 2.45) is 10.9 Å². The van der Waals surface area contributed by atoms with E-state index in [-0.39, 0.29) is 10.6 Å². The summed E-state index contributed by atoms with van der Waals surface area (Å²) in [5.74, 6) is 0.113. The summed E-state index contributed by atoms with van der Waals surface area (Å²) in [6.07, 6.45) is 0. The summed E-state index contributed by atoms with van der Waals surface area (Å²) in [6, 6.07) is 1.97. The average molecular weight is 253 g/mol. The van der Waals surface area contributed by atoms with Gasteiger partial charge in [0.05, 0.1) is 5.56 Å². The van der Waals surface area contributed by atoms with Crippen LogP contribution in [0.2, 0.25) is 0 Å². The van der Waals surface area contributed by atoms with Crippen LogP contribution in [0.15, 0.2) is 16.1 Å². The fourth-order valence-corrected chi connectivity index (χ4v) is 2.81. The van der Waals surface area contributed by atoms with E-state index in [0.29, 0.717) is 0 Å². The zero-order chi connectivity index (χ0) is 13.2. The summed E-state index contributed by atoms with van der Waals surface area (Å²) in [7, 11) is 0. The number of oxime groups is 1. The van der Waals surface area contributed by atoms with Crippen LogP contribution in [0.4, 0.5) is 0 Å². The van der Waals surface area contributed by atoms with Crippen LogP contribution >= 0.6 is 11.8 Å². The highest BCUT2D eigenvalue weighted by atomic mass is 32.2. The molecule has 1 heterocycles. The van der Waals surface area contributed by atoms with Gasteiger partial charge in [-0.15, -0.1) is 11.8 Å². The van der Waals surface area contributed by atoms with Gasteiger partial charge >= 0.3 is 0 Å². The maximum Gasteiger partial charge on any atom is 0.173 e. The maximum absolute atomic E-state index is 8.83. The number of aromatic nitrogens is 1. The Morgan fingerprint density at radius 1 is 1.41 bits per heavy atom. The van der Waals surface area contributed by atoms with Crippen LogP contribution in [0.1, 0.15) is 37.7 Å². The number of nitrogens with zero attached hydrogens (tertiary/aromatic N) is 2. The summed E-state index contributed by atoms with van der Waals surface area (Å²) in [6.45, 7) is 10.2. The Kier molecular flexibility index (Phi) is 4.03. The van der Waals surface area contributed by atoms with E-state index >= 15 is 0 Å². The van der Waals surface area contributed by atoms with Gasteiger partial charge in [-0.05, 0) is 19.9 Å². The Hall–Kier alpha value is -1.23. The summed E-state index contributed by atoms with van der Waals surface area (Å²) in [4.78, 5) is 5.35. The predicted molar refractivity (Wildman–Crippen MR) is 71.8 cm³/mol. The third-order valence-electron chi connectivity index (χ3n) is 2.07. The lowest BCUT2D eigenvalue weighted by Crippen LogP contribution is -2.19. The lowest BCUT2D eigenvalue weighted by Gasteiger charge is -2.20. The second-order valence-electron chi connectivity index (χ2n) is 4.92. The molecule has 0 spiro atoms. The Labute approximate surface area is 106 Å². The first-order valence-corrected chi connectivity index (χ1v) is 6.21.